The quantitative estimate of drug-likeness (QED) is 0.231. The standard InChI is InChI=1S/C32H30F3N7O2/c1-20-3-4-25(44-31-28-27(7-10-37-28)39-29(40-31)22-5-8-36-9-6-22)18-26(20)30(43)38-24-16-21(15-23(17-24)32(33,34)35)19-42-13-11-41(2)12-14-42/h3-10,15-18,37H,11-14,19H2,1-2H3,(H,38,43). The Hall–Kier alpha value is -4.81. The number of aromatic nitrogens is 4. The number of anilines is 1. The number of hydrogen-bond acceptors (Lipinski definition) is 7. The van der Waals surface area contributed by atoms with Crippen molar-refractivity contribution in [2.45, 2.75) is 19.6 Å². The monoisotopic (exact) mass is 601 g/mol. The lowest BCUT2D eigenvalue weighted by atomic mass is 10.1. The van der Waals surface area contributed by atoms with Gasteiger partial charge in [-0.15, -0.1) is 0 Å². The van der Waals surface area contributed by atoms with E-state index in [0.29, 0.717) is 40.3 Å². The number of carbonyl (C=O) groups excluding carboxylic acids is 1. The molecule has 5 aromatic rings. The van der Waals surface area contributed by atoms with E-state index in [9.17, 15) is 18.0 Å². The third kappa shape index (κ3) is 6.56. The summed E-state index contributed by atoms with van der Waals surface area (Å²) in [6, 6.07) is 14.1. The Morgan fingerprint density at radius 3 is 2.52 bits per heavy atom. The zero-order valence-electron chi connectivity index (χ0n) is 24.2. The van der Waals surface area contributed by atoms with E-state index in [1.54, 1.807) is 68.0 Å². The number of amides is 1. The molecule has 0 radical (unpaired) electrons. The predicted octanol–water partition coefficient (Wildman–Crippen LogP) is 6.14. The number of pyridine rings is 1. The molecule has 1 amide bonds. The van der Waals surface area contributed by atoms with Crippen LogP contribution in [0.15, 0.2) is 73.2 Å². The number of piperazine rings is 1. The smallest absolute Gasteiger partial charge is 0.416 e. The number of aryl methyl sites for hydroxylation is 1. The van der Waals surface area contributed by atoms with Crippen LogP contribution < -0.4 is 10.1 Å². The molecule has 1 aliphatic rings. The fourth-order valence-electron chi connectivity index (χ4n) is 5.12. The summed E-state index contributed by atoms with van der Waals surface area (Å²) < 4.78 is 47.6. The summed E-state index contributed by atoms with van der Waals surface area (Å²) in [6.45, 7) is 5.30. The lowest BCUT2D eigenvalue weighted by Crippen LogP contribution is -2.43. The van der Waals surface area contributed by atoms with E-state index < -0.39 is 17.6 Å². The van der Waals surface area contributed by atoms with Crippen LogP contribution in [0.5, 0.6) is 11.6 Å². The molecule has 1 saturated heterocycles. The van der Waals surface area contributed by atoms with Gasteiger partial charge < -0.3 is 19.9 Å². The number of rotatable bonds is 7. The van der Waals surface area contributed by atoms with Gasteiger partial charge in [0.05, 0.1) is 11.1 Å². The van der Waals surface area contributed by atoms with Gasteiger partial charge in [-0.25, -0.2) is 4.98 Å². The number of hydrogen-bond donors (Lipinski definition) is 2. The van der Waals surface area contributed by atoms with E-state index >= 15 is 0 Å². The first kappa shape index (κ1) is 29.3. The Morgan fingerprint density at radius 1 is 1.00 bits per heavy atom. The summed E-state index contributed by atoms with van der Waals surface area (Å²) >= 11 is 0. The fraction of sp³-hybridized carbons (Fsp3) is 0.250. The average molecular weight is 602 g/mol. The number of halogens is 3. The fourth-order valence-corrected chi connectivity index (χ4v) is 5.12. The molecule has 12 heteroatoms. The van der Waals surface area contributed by atoms with Gasteiger partial charge in [-0.2, -0.15) is 18.2 Å². The summed E-state index contributed by atoms with van der Waals surface area (Å²) in [6.07, 6.45) is 0.455. The number of benzene rings is 2. The second-order valence-electron chi connectivity index (χ2n) is 10.9. The molecule has 0 saturated carbocycles. The third-order valence-electron chi connectivity index (χ3n) is 7.56. The lowest BCUT2D eigenvalue weighted by molar-refractivity contribution is -0.137. The van der Waals surface area contributed by atoms with Crippen molar-refractivity contribution in [1.82, 2.24) is 29.7 Å². The van der Waals surface area contributed by atoms with Crippen molar-refractivity contribution in [2.24, 2.45) is 0 Å². The molecule has 3 aromatic heterocycles. The molecule has 9 nitrogen and oxygen atoms in total. The van der Waals surface area contributed by atoms with E-state index in [2.05, 4.69) is 35.1 Å². The largest absolute Gasteiger partial charge is 0.437 e. The Balaban J connectivity index is 1.26. The summed E-state index contributed by atoms with van der Waals surface area (Å²) in [5.74, 6) is 0.476. The number of nitrogens with zero attached hydrogens (tertiary/aromatic N) is 5. The van der Waals surface area contributed by atoms with Crippen molar-refractivity contribution in [3.05, 3.63) is 95.4 Å². The van der Waals surface area contributed by atoms with E-state index in [0.717, 1.165) is 43.9 Å². The van der Waals surface area contributed by atoms with Gasteiger partial charge in [0.2, 0.25) is 5.88 Å². The zero-order chi connectivity index (χ0) is 30.8. The van der Waals surface area contributed by atoms with E-state index in [1.807, 2.05) is 7.05 Å². The summed E-state index contributed by atoms with van der Waals surface area (Å²) in [7, 11) is 2.02. The van der Waals surface area contributed by atoms with E-state index in [1.165, 1.54) is 0 Å². The minimum atomic E-state index is -4.56. The van der Waals surface area contributed by atoms with Crippen molar-refractivity contribution in [3.8, 4) is 23.0 Å². The minimum Gasteiger partial charge on any atom is -0.437 e. The van der Waals surface area contributed by atoms with Crippen molar-refractivity contribution < 1.29 is 22.7 Å². The number of H-pyrrole nitrogens is 1. The SMILES string of the molecule is Cc1ccc(Oc2nc(-c3ccncc3)nc3cc[nH]c23)cc1C(=O)Nc1cc(CN2CCN(C)CC2)cc(C(F)(F)F)c1. The van der Waals surface area contributed by atoms with Gasteiger partial charge in [0.15, 0.2) is 5.82 Å². The number of alkyl halides is 3. The van der Waals surface area contributed by atoms with Crippen LogP contribution in [0, 0.1) is 6.92 Å². The van der Waals surface area contributed by atoms with Crippen molar-refractivity contribution in [3.63, 3.8) is 0 Å². The molecule has 2 N–H and O–H groups in total. The van der Waals surface area contributed by atoms with Crippen LogP contribution in [0.1, 0.15) is 27.0 Å². The molecule has 6 rings (SSSR count). The van der Waals surface area contributed by atoms with Crippen LogP contribution >= 0.6 is 0 Å². The number of nitrogens with one attached hydrogen (secondary N) is 2. The van der Waals surface area contributed by atoms with Crippen molar-refractivity contribution in [2.75, 3.05) is 38.5 Å². The molecule has 0 spiro atoms. The molecule has 0 bridgehead atoms. The number of fused-ring (bicyclic) bond motifs is 1. The second kappa shape index (κ2) is 12.1. The third-order valence-corrected chi connectivity index (χ3v) is 7.56. The second-order valence-corrected chi connectivity index (χ2v) is 10.9. The first-order chi connectivity index (χ1) is 21.1. The lowest BCUT2D eigenvalue weighted by Gasteiger charge is -2.32. The van der Waals surface area contributed by atoms with Gasteiger partial charge in [-0.05, 0) is 73.6 Å². The summed E-state index contributed by atoms with van der Waals surface area (Å²) in [5, 5.41) is 2.68. The molecule has 44 heavy (non-hydrogen) atoms. The highest BCUT2D eigenvalue weighted by Gasteiger charge is 2.32. The van der Waals surface area contributed by atoms with Gasteiger partial charge in [-0.3, -0.25) is 14.7 Å². The van der Waals surface area contributed by atoms with Crippen LogP contribution in [-0.2, 0) is 12.7 Å². The van der Waals surface area contributed by atoms with Gasteiger partial charge >= 0.3 is 6.18 Å². The van der Waals surface area contributed by atoms with Crippen LogP contribution in [0.2, 0.25) is 0 Å². The predicted molar refractivity (Wildman–Crippen MR) is 161 cm³/mol. The normalized spacial score (nSPS) is 14.6. The molecule has 0 aliphatic carbocycles. The van der Waals surface area contributed by atoms with E-state index in [-0.39, 0.29) is 17.1 Å². The summed E-state index contributed by atoms with van der Waals surface area (Å²) in [4.78, 5) is 34.0. The van der Waals surface area contributed by atoms with Crippen molar-refractivity contribution >= 4 is 22.6 Å². The number of likely N-dealkylation sites (N-methyl/N-ethyl adjacent to an activating group) is 1. The van der Waals surface area contributed by atoms with Crippen LogP contribution in [0.3, 0.4) is 0 Å². The van der Waals surface area contributed by atoms with Crippen LogP contribution in [-0.4, -0.2) is 68.9 Å². The Kier molecular flexibility index (Phi) is 8.02. The topological polar surface area (TPSA) is 99.3 Å². The molecule has 226 valence electrons. The van der Waals surface area contributed by atoms with Gasteiger partial charge in [0.1, 0.15) is 11.3 Å². The minimum absolute atomic E-state index is 0.0746. The summed E-state index contributed by atoms with van der Waals surface area (Å²) in [5.41, 5.74) is 2.61. The molecule has 1 aliphatic heterocycles. The molecule has 1 fully saturated rings. The van der Waals surface area contributed by atoms with Crippen LogP contribution in [0.4, 0.5) is 18.9 Å². The highest BCUT2D eigenvalue weighted by molar-refractivity contribution is 6.05. The first-order valence-corrected chi connectivity index (χ1v) is 14.1. The average Bonchev–Trinajstić information content (AvgIpc) is 3.48. The molecule has 0 atom stereocenters. The highest BCUT2D eigenvalue weighted by Crippen LogP contribution is 2.34. The Bertz CT molecular complexity index is 1800. The number of aromatic amines is 1. The Morgan fingerprint density at radius 2 is 1.77 bits per heavy atom. The zero-order valence-corrected chi connectivity index (χ0v) is 24.2. The van der Waals surface area contributed by atoms with Gasteiger partial charge in [-0.1, -0.05) is 6.07 Å². The highest BCUT2D eigenvalue weighted by atomic mass is 19.4. The van der Waals surface area contributed by atoms with Crippen molar-refractivity contribution in [1.29, 1.82) is 0 Å². The van der Waals surface area contributed by atoms with Gasteiger partial charge in [0, 0.05) is 68.1 Å². The molecular weight excluding hydrogens is 571 g/mol. The maximum Gasteiger partial charge on any atom is 0.416 e. The first-order valence-electron chi connectivity index (χ1n) is 14.1. The maximum absolute atomic E-state index is 13.8. The van der Waals surface area contributed by atoms with Gasteiger partial charge in [0.25, 0.3) is 5.91 Å². The number of carbonyl (C=O) groups is 1. The number of ether oxygens (including phenoxy) is 1. The Labute approximate surface area is 251 Å². The van der Waals surface area contributed by atoms with E-state index in [4.69, 9.17) is 4.74 Å². The molecule has 2 aromatic carbocycles. The maximum atomic E-state index is 13.8. The molecule has 4 heterocycles. The molecule has 0 unspecified atom stereocenters. The molecular formula is C32H30F3N7O2. The van der Waals surface area contributed by atoms with Crippen LogP contribution in [0.25, 0.3) is 22.4 Å².